The normalized spacial score (nSPS) is 11.7. The lowest BCUT2D eigenvalue weighted by molar-refractivity contribution is 0.350. The lowest BCUT2D eigenvalue weighted by Crippen LogP contribution is -2.05. The fourth-order valence-corrected chi connectivity index (χ4v) is 2.24. The molecular weight excluding hydrogens is 212 g/mol. The number of fused-ring (bicyclic) bond motifs is 1. The Hall–Kier alpha value is -1.51. The van der Waals surface area contributed by atoms with E-state index >= 15 is 0 Å². The number of benzene rings is 1. The summed E-state index contributed by atoms with van der Waals surface area (Å²) in [7, 11) is 1.68. The van der Waals surface area contributed by atoms with Crippen molar-refractivity contribution < 1.29 is 4.74 Å². The largest absolute Gasteiger partial charge is 0.468 e. The van der Waals surface area contributed by atoms with Gasteiger partial charge in [-0.2, -0.15) is 4.98 Å². The van der Waals surface area contributed by atoms with Crippen molar-refractivity contribution in [3.8, 4) is 6.01 Å². The van der Waals surface area contributed by atoms with Gasteiger partial charge in [-0.25, -0.2) is 0 Å². The predicted octanol–water partition coefficient (Wildman–Crippen LogP) is 3.75. The fourth-order valence-electron chi connectivity index (χ4n) is 2.24. The van der Waals surface area contributed by atoms with Crippen LogP contribution in [0.1, 0.15) is 45.2 Å². The second-order valence-electron chi connectivity index (χ2n) is 4.93. The summed E-state index contributed by atoms with van der Waals surface area (Å²) in [6.45, 7) is 8.72. The number of aromatic nitrogens is 2. The SMILES string of the molecule is COc1nc2cccc(C(C)C)c2n1C(C)C. The summed E-state index contributed by atoms with van der Waals surface area (Å²) >= 11 is 0. The predicted molar refractivity (Wildman–Crippen MR) is 70.8 cm³/mol. The van der Waals surface area contributed by atoms with Gasteiger partial charge in [-0.3, -0.25) is 4.57 Å². The lowest BCUT2D eigenvalue weighted by atomic mass is 10.0. The highest BCUT2D eigenvalue weighted by Crippen LogP contribution is 2.31. The molecule has 0 bridgehead atoms. The van der Waals surface area contributed by atoms with Gasteiger partial charge >= 0.3 is 0 Å². The fraction of sp³-hybridized carbons (Fsp3) is 0.500. The molecule has 0 aliphatic heterocycles. The first-order valence-electron chi connectivity index (χ1n) is 6.11. The highest BCUT2D eigenvalue weighted by molar-refractivity contribution is 5.81. The van der Waals surface area contributed by atoms with E-state index in [2.05, 4.69) is 49.4 Å². The summed E-state index contributed by atoms with van der Waals surface area (Å²) in [6.07, 6.45) is 0. The topological polar surface area (TPSA) is 27.1 Å². The summed E-state index contributed by atoms with van der Waals surface area (Å²) in [5.41, 5.74) is 3.54. The second-order valence-corrected chi connectivity index (χ2v) is 4.93. The first-order valence-corrected chi connectivity index (χ1v) is 6.11. The maximum absolute atomic E-state index is 5.38. The van der Waals surface area contributed by atoms with Crippen molar-refractivity contribution >= 4 is 11.0 Å². The molecule has 17 heavy (non-hydrogen) atoms. The Balaban J connectivity index is 2.82. The molecule has 0 radical (unpaired) electrons. The summed E-state index contributed by atoms with van der Waals surface area (Å²) in [6, 6.07) is 7.32. The monoisotopic (exact) mass is 232 g/mol. The third kappa shape index (κ3) is 1.90. The zero-order valence-corrected chi connectivity index (χ0v) is 11.2. The molecule has 1 heterocycles. The van der Waals surface area contributed by atoms with Crippen LogP contribution in [0.25, 0.3) is 11.0 Å². The Morgan fingerprint density at radius 1 is 1.18 bits per heavy atom. The van der Waals surface area contributed by atoms with E-state index in [1.54, 1.807) is 7.11 Å². The minimum atomic E-state index is 0.342. The molecule has 0 atom stereocenters. The minimum Gasteiger partial charge on any atom is -0.468 e. The maximum Gasteiger partial charge on any atom is 0.297 e. The van der Waals surface area contributed by atoms with Gasteiger partial charge in [0.05, 0.1) is 18.1 Å². The number of ether oxygens (including phenoxy) is 1. The van der Waals surface area contributed by atoms with Crippen molar-refractivity contribution in [3.05, 3.63) is 23.8 Å². The van der Waals surface area contributed by atoms with E-state index in [1.165, 1.54) is 11.1 Å². The Labute approximate surface area is 102 Å². The molecule has 3 nitrogen and oxygen atoms in total. The minimum absolute atomic E-state index is 0.342. The second kappa shape index (κ2) is 4.40. The first-order chi connectivity index (χ1) is 8.06. The van der Waals surface area contributed by atoms with Crippen LogP contribution in [0.4, 0.5) is 0 Å². The van der Waals surface area contributed by atoms with Gasteiger partial charge in [0.1, 0.15) is 0 Å². The molecule has 0 unspecified atom stereocenters. The molecule has 2 aromatic rings. The molecule has 0 spiro atoms. The van der Waals surface area contributed by atoms with Gasteiger partial charge in [0.2, 0.25) is 0 Å². The van der Waals surface area contributed by atoms with Crippen molar-refractivity contribution in [2.75, 3.05) is 7.11 Å². The lowest BCUT2D eigenvalue weighted by Gasteiger charge is -2.15. The molecule has 0 saturated heterocycles. The Morgan fingerprint density at radius 3 is 2.41 bits per heavy atom. The van der Waals surface area contributed by atoms with Gasteiger partial charge in [-0.1, -0.05) is 26.0 Å². The van der Waals surface area contributed by atoms with Crippen LogP contribution in [-0.2, 0) is 0 Å². The highest BCUT2D eigenvalue weighted by atomic mass is 16.5. The number of para-hydroxylation sites is 1. The van der Waals surface area contributed by atoms with Crippen LogP contribution in [0.5, 0.6) is 6.01 Å². The third-order valence-electron chi connectivity index (χ3n) is 3.03. The third-order valence-corrected chi connectivity index (χ3v) is 3.03. The van der Waals surface area contributed by atoms with Crippen LogP contribution in [0.2, 0.25) is 0 Å². The van der Waals surface area contributed by atoms with Gasteiger partial charge in [0.25, 0.3) is 6.01 Å². The van der Waals surface area contributed by atoms with Gasteiger partial charge in [-0.05, 0) is 31.4 Å². The van der Waals surface area contributed by atoms with Crippen molar-refractivity contribution in [2.24, 2.45) is 0 Å². The summed E-state index contributed by atoms with van der Waals surface area (Å²) < 4.78 is 7.55. The number of methoxy groups -OCH3 is 1. The van der Waals surface area contributed by atoms with E-state index in [0.29, 0.717) is 18.0 Å². The van der Waals surface area contributed by atoms with Gasteiger partial charge in [-0.15, -0.1) is 0 Å². The number of hydrogen-bond donors (Lipinski definition) is 0. The zero-order chi connectivity index (χ0) is 12.6. The average Bonchev–Trinajstić information content (AvgIpc) is 2.66. The Morgan fingerprint density at radius 2 is 1.88 bits per heavy atom. The van der Waals surface area contributed by atoms with Crippen LogP contribution in [0.3, 0.4) is 0 Å². The smallest absolute Gasteiger partial charge is 0.297 e. The van der Waals surface area contributed by atoms with E-state index < -0.39 is 0 Å². The Bertz CT molecular complexity index is 526. The zero-order valence-electron chi connectivity index (χ0n) is 11.2. The van der Waals surface area contributed by atoms with Crippen molar-refractivity contribution in [2.45, 2.75) is 39.7 Å². The van der Waals surface area contributed by atoms with E-state index in [9.17, 15) is 0 Å². The van der Waals surface area contributed by atoms with Crippen LogP contribution >= 0.6 is 0 Å². The molecule has 2 rings (SSSR count). The maximum atomic E-state index is 5.38. The quantitative estimate of drug-likeness (QED) is 0.805. The number of hydrogen-bond acceptors (Lipinski definition) is 2. The highest BCUT2D eigenvalue weighted by Gasteiger charge is 2.17. The summed E-state index contributed by atoms with van der Waals surface area (Å²) in [5, 5.41) is 0. The number of imidazole rings is 1. The molecule has 0 saturated carbocycles. The Kier molecular flexibility index (Phi) is 3.09. The van der Waals surface area contributed by atoms with Crippen molar-refractivity contribution in [3.63, 3.8) is 0 Å². The van der Waals surface area contributed by atoms with Crippen LogP contribution in [0.15, 0.2) is 18.2 Å². The van der Waals surface area contributed by atoms with Crippen LogP contribution in [-0.4, -0.2) is 16.7 Å². The van der Waals surface area contributed by atoms with E-state index in [4.69, 9.17) is 4.74 Å². The molecule has 0 fully saturated rings. The van der Waals surface area contributed by atoms with Gasteiger partial charge in [0, 0.05) is 6.04 Å². The molecule has 0 aliphatic rings. The number of nitrogens with zero attached hydrogens (tertiary/aromatic N) is 2. The first kappa shape index (κ1) is 12.0. The van der Waals surface area contributed by atoms with Crippen LogP contribution in [0, 0.1) is 0 Å². The van der Waals surface area contributed by atoms with E-state index in [1.807, 2.05) is 6.07 Å². The summed E-state index contributed by atoms with van der Waals surface area (Å²) in [5.74, 6) is 0.484. The standard InChI is InChI=1S/C14H20N2O/c1-9(2)11-7-6-8-12-13(11)16(10(3)4)14(15-12)17-5/h6-10H,1-5H3. The van der Waals surface area contributed by atoms with E-state index in [0.717, 1.165) is 5.52 Å². The molecule has 0 aliphatic carbocycles. The van der Waals surface area contributed by atoms with E-state index in [-0.39, 0.29) is 0 Å². The van der Waals surface area contributed by atoms with Crippen LogP contribution < -0.4 is 4.74 Å². The molecule has 3 heteroatoms. The molecule has 1 aromatic heterocycles. The molecule has 0 amide bonds. The van der Waals surface area contributed by atoms with Crippen molar-refractivity contribution in [1.29, 1.82) is 0 Å². The molecule has 0 N–H and O–H groups in total. The van der Waals surface area contributed by atoms with Crippen molar-refractivity contribution in [1.82, 2.24) is 9.55 Å². The molecule has 92 valence electrons. The summed E-state index contributed by atoms with van der Waals surface area (Å²) in [4.78, 5) is 4.54. The number of rotatable bonds is 3. The molecule has 1 aromatic carbocycles. The van der Waals surface area contributed by atoms with Gasteiger partial charge < -0.3 is 4.74 Å². The molecular formula is C14H20N2O. The average molecular weight is 232 g/mol. The van der Waals surface area contributed by atoms with Gasteiger partial charge in [0.15, 0.2) is 0 Å².